The summed E-state index contributed by atoms with van der Waals surface area (Å²) in [6, 6.07) is 7.83. The molecule has 0 aliphatic carbocycles. The zero-order chi connectivity index (χ0) is 13.2. The molecule has 2 N–H and O–H groups in total. The molecule has 0 bridgehead atoms. The van der Waals surface area contributed by atoms with Crippen molar-refractivity contribution in [3.63, 3.8) is 0 Å². The summed E-state index contributed by atoms with van der Waals surface area (Å²) in [6.45, 7) is 0.861. The van der Waals surface area contributed by atoms with E-state index in [1.807, 2.05) is 6.07 Å². The van der Waals surface area contributed by atoms with Crippen molar-refractivity contribution in [3.8, 4) is 6.07 Å². The van der Waals surface area contributed by atoms with Gasteiger partial charge in [0.2, 0.25) is 10.0 Å². The molecule has 1 fully saturated rings. The molecule has 0 amide bonds. The van der Waals surface area contributed by atoms with E-state index in [1.54, 1.807) is 0 Å². The van der Waals surface area contributed by atoms with Crippen LogP contribution in [0.15, 0.2) is 29.2 Å². The van der Waals surface area contributed by atoms with Crippen LogP contribution in [0.25, 0.3) is 0 Å². The number of benzene rings is 1. The number of nitrogens with zero attached hydrogens (tertiary/aromatic N) is 2. The lowest BCUT2D eigenvalue weighted by molar-refractivity contribution is 0.393. The molecule has 0 radical (unpaired) electrons. The SMILES string of the molecule is N#Cc1ccc(S(=O)(=O)N2CCCC2CN)cc1. The van der Waals surface area contributed by atoms with Crippen LogP contribution in [0.4, 0.5) is 0 Å². The Kier molecular flexibility index (Phi) is 3.66. The lowest BCUT2D eigenvalue weighted by Gasteiger charge is -2.22. The second-order valence-corrected chi connectivity index (χ2v) is 6.17. The van der Waals surface area contributed by atoms with Crippen LogP contribution in [0.5, 0.6) is 0 Å². The second kappa shape index (κ2) is 5.06. The van der Waals surface area contributed by atoms with Gasteiger partial charge in [-0.3, -0.25) is 0 Å². The largest absolute Gasteiger partial charge is 0.329 e. The normalized spacial score (nSPS) is 20.8. The van der Waals surface area contributed by atoms with Crippen molar-refractivity contribution >= 4 is 10.0 Å². The zero-order valence-corrected chi connectivity index (χ0v) is 10.7. The average Bonchev–Trinajstić information content (AvgIpc) is 2.88. The molecule has 1 unspecified atom stereocenters. The highest BCUT2D eigenvalue weighted by molar-refractivity contribution is 7.89. The minimum absolute atomic E-state index is 0.106. The molecule has 1 aromatic carbocycles. The minimum atomic E-state index is -3.48. The first-order chi connectivity index (χ1) is 8.59. The maximum absolute atomic E-state index is 12.4. The maximum atomic E-state index is 12.4. The fraction of sp³-hybridized carbons (Fsp3) is 0.417. The van der Waals surface area contributed by atoms with Gasteiger partial charge in [-0.2, -0.15) is 9.57 Å². The van der Waals surface area contributed by atoms with Gasteiger partial charge in [0.25, 0.3) is 0 Å². The van der Waals surface area contributed by atoms with Gasteiger partial charge in [0.05, 0.1) is 16.5 Å². The molecule has 1 saturated heterocycles. The van der Waals surface area contributed by atoms with E-state index in [2.05, 4.69) is 0 Å². The van der Waals surface area contributed by atoms with Gasteiger partial charge in [-0.25, -0.2) is 8.42 Å². The molecule has 0 spiro atoms. The van der Waals surface area contributed by atoms with Crippen molar-refractivity contribution in [3.05, 3.63) is 29.8 Å². The molecular weight excluding hydrogens is 250 g/mol. The topological polar surface area (TPSA) is 87.2 Å². The van der Waals surface area contributed by atoms with Crippen LogP contribution >= 0.6 is 0 Å². The van der Waals surface area contributed by atoms with Gasteiger partial charge >= 0.3 is 0 Å². The minimum Gasteiger partial charge on any atom is -0.329 e. The number of nitriles is 1. The van der Waals surface area contributed by atoms with Crippen molar-refractivity contribution in [2.24, 2.45) is 5.73 Å². The van der Waals surface area contributed by atoms with Crippen molar-refractivity contribution in [1.82, 2.24) is 4.31 Å². The van der Waals surface area contributed by atoms with E-state index >= 15 is 0 Å². The number of nitrogens with two attached hydrogens (primary N) is 1. The van der Waals surface area contributed by atoms with Gasteiger partial charge in [0.15, 0.2) is 0 Å². The number of hydrogen-bond acceptors (Lipinski definition) is 4. The van der Waals surface area contributed by atoms with Crippen molar-refractivity contribution in [1.29, 1.82) is 5.26 Å². The monoisotopic (exact) mass is 265 g/mol. The Morgan fingerprint density at radius 3 is 2.61 bits per heavy atom. The van der Waals surface area contributed by atoms with Crippen LogP contribution in [-0.2, 0) is 10.0 Å². The van der Waals surface area contributed by atoms with Gasteiger partial charge in [0, 0.05) is 19.1 Å². The fourth-order valence-corrected chi connectivity index (χ4v) is 3.90. The van der Waals surface area contributed by atoms with E-state index in [4.69, 9.17) is 11.0 Å². The first kappa shape index (κ1) is 13.0. The van der Waals surface area contributed by atoms with E-state index in [9.17, 15) is 8.42 Å². The van der Waals surface area contributed by atoms with Gasteiger partial charge < -0.3 is 5.73 Å². The first-order valence-corrected chi connectivity index (χ1v) is 7.25. The summed E-state index contributed by atoms with van der Waals surface area (Å²) in [7, 11) is -3.48. The number of rotatable bonds is 3. The molecule has 1 aliphatic heterocycles. The van der Waals surface area contributed by atoms with E-state index in [1.165, 1.54) is 28.6 Å². The summed E-state index contributed by atoms with van der Waals surface area (Å²) in [5, 5.41) is 8.70. The molecule has 0 aromatic heterocycles. The third kappa shape index (κ3) is 2.25. The Balaban J connectivity index is 2.33. The van der Waals surface area contributed by atoms with Crippen LogP contribution in [0.2, 0.25) is 0 Å². The molecule has 1 atom stereocenters. The average molecular weight is 265 g/mol. The third-order valence-corrected chi connectivity index (χ3v) is 5.15. The van der Waals surface area contributed by atoms with E-state index in [0.717, 1.165) is 12.8 Å². The van der Waals surface area contributed by atoms with Crippen LogP contribution in [0.3, 0.4) is 0 Å². The fourth-order valence-electron chi connectivity index (χ4n) is 2.20. The first-order valence-electron chi connectivity index (χ1n) is 5.81. The van der Waals surface area contributed by atoms with E-state index in [-0.39, 0.29) is 10.9 Å². The number of sulfonamides is 1. The van der Waals surface area contributed by atoms with Crippen molar-refractivity contribution in [2.45, 2.75) is 23.8 Å². The van der Waals surface area contributed by atoms with Gasteiger partial charge in [0.1, 0.15) is 0 Å². The van der Waals surface area contributed by atoms with Crippen molar-refractivity contribution < 1.29 is 8.42 Å². The molecule has 6 heteroatoms. The lowest BCUT2D eigenvalue weighted by Crippen LogP contribution is -2.39. The zero-order valence-electron chi connectivity index (χ0n) is 9.91. The highest BCUT2D eigenvalue weighted by Crippen LogP contribution is 2.25. The predicted molar refractivity (Wildman–Crippen MR) is 67.1 cm³/mol. The summed E-state index contributed by atoms with van der Waals surface area (Å²) in [5.74, 6) is 0. The molecule has 18 heavy (non-hydrogen) atoms. The van der Waals surface area contributed by atoms with Gasteiger partial charge in [-0.1, -0.05) is 0 Å². The molecule has 96 valence electrons. The summed E-state index contributed by atoms with van der Waals surface area (Å²) in [6.07, 6.45) is 1.66. The van der Waals surface area contributed by atoms with E-state index < -0.39 is 10.0 Å². The molecule has 5 nitrogen and oxygen atoms in total. The Hall–Kier alpha value is -1.42. The molecule has 0 saturated carbocycles. The summed E-state index contributed by atoms with van der Waals surface area (Å²) in [5.41, 5.74) is 6.05. The van der Waals surface area contributed by atoms with Crippen LogP contribution in [0, 0.1) is 11.3 Å². The maximum Gasteiger partial charge on any atom is 0.243 e. The second-order valence-electron chi connectivity index (χ2n) is 4.28. The lowest BCUT2D eigenvalue weighted by atomic mass is 10.2. The Morgan fingerprint density at radius 1 is 1.39 bits per heavy atom. The molecule has 1 aromatic rings. The number of hydrogen-bond donors (Lipinski definition) is 1. The molecule has 2 rings (SSSR count). The highest BCUT2D eigenvalue weighted by atomic mass is 32.2. The van der Waals surface area contributed by atoms with Gasteiger partial charge in [-0.15, -0.1) is 0 Å². The summed E-state index contributed by atoms with van der Waals surface area (Å²) in [4.78, 5) is 0.224. The molecular formula is C12H15N3O2S. The quantitative estimate of drug-likeness (QED) is 0.870. The predicted octanol–water partition coefficient (Wildman–Crippen LogP) is 0.670. The van der Waals surface area contributed by atoms with Crippen LogP contribution < -0.4 is 5.73 Å². The third-order valence-electron chi connectivity index (χ3n) is 3.19. The smallest absolute Gasteiger partial charge is 0.243 e. The summed E-state index contributed by atoms with van der Waals surface area (Å²) < 4.78 is 26.2. The van der Waals surface area contributed by atoms with E-state index in [0.29, 0.717) is 18.7 Å². The Morgan fingerprint density at radius 2 is 2.06 bits per heavy atom. The highest BCUT2D eigenvalue weighted by Gasteiger charge is 2.34. The van der Waals surface area contributed by atoms with Gasteiger partial charge in [-0.05, 0) is 37.1 Å². The van der Waals surface area contributed by atoms with Crippen molar-refractivity contribution in [2.75, 3.05) is 13.1 Å². The Bertz CT molecular complexity index is 560. The summed E-state index contributed by atoms with van der Waals surface area (Å²) >= 11 is 0. The Labute approximate surface area is 107 Å². The van der Waals surface area contributed by atoms with Crippen LogP contribution in [-0.4, -0.2) is 31.9 Å². The molecule has 1 heterocycles. The van der Waals surface area contributed by atoms with Crippen LogP contribution in [0.1, 0.15) is 18.4 Å². The standard InChI is InChI=1S/C12H15N3O2S/c13-8-10-3-5-12(6-4-10)18(16,17)15-7-1-2-11(15)9-14/h3-6,11H,1-2,7,9,14H2. The molecule has 1 aliphatic rings.